The van der Waals surface area contributed by atoms with Crippen molar-refractivity contribution in [3.05, 3.63) is 52.8 Å². The van der Waals surface area contributed by atoms with Gasteiger partial charge in [-0.05, 0) is 49.9 Å². The molecule has 0 atom stereocenters. The van der Waals surface area contributed by atoms with Crippen molar-refractivity contribution in [1.29, 1.82) is 0 Å². The zero-order chi connectivity index (χ0) is 20.0. The third kappa shape index (κ3) is 5.93. The molecular weight excluding hydrogens is 393 g/mol. The molecule has 1 aromatic carbocycles. The van der Waals surface area contributed by atoms with Gasteiger partial charge < -0.3 is 10.1 Å². The van der Waals surface area contributed by atoms with Crippen molar-refractivity contribution < 1.29 is 26.3 Å². The molecule has 0 aromatic heterocycles. The highest BCUT2D eigenvalue weighted by molar-refractivity contribution is 7.89. The first kappa shape index (κ1) is 22.3. The van der Waals surface area contributed by atoms with Crippen molar-refractivity contribution in [2.24, 2.45) is 0 Å². The minimum absolute atomic E-state index is 0.364. The van der Waals surface area contributed by atoms with Gasteiger partial charge in [-0.2, -0.15) is 13.2 Å². The van der Waals surface area contributed by atoms with Crippen molar-refractivity contribution in [1.82, 2.24) is 9.62 Å². The van der Waals surface area contributed by atoms with E-state index in [-0.39, 0.29) is 6.73 Å². The van der Waals surface area contributed by atoms with E-state index in [1.807, 2.05) is 6.92 Å². The Kier molecular flexibility index (Phi) is 7.98. The quantitative estimate of drug-likeness (QED) is 0.518. The second-order valence-corrected chi connectivity index (χ2v) is 7.51. The molecule has 5 nitrogen and oxygen atoms in total. The van der Waals surface area contributed by atoms with Gasteiger partial charge in [0, 0.05) is 19.9 Å². The molecule has 26 heavy (non-hydrogen) atoms. The molecule has 1 rings (SSSR count). The van der Waals surface area contributed by atoms with Crippen LogP contribution in [-0.2, 0) is 20.9 Å². The van der Waals surface area contributed by atoms with Gasteiger partial charge in [0.1, 0.15) is 6.73 Å². The summed E-state index contributed by atoms with van der Waals surface area (Å²) < 4.78 is 70.0. The van der Waals surface area contributed by atoms with Crippen LogP contribution in [-0.4, -0.2) is 33.1 Å². The van der Waals surface area contributed by atoms with Crippen LogP contribution < -0.4 is 5.32 Å². The van der Waals surface area contributed by atoms with E-state index in [9.17, 15) is 21.6 Å². The van der Waals surface area contributed by atoms with E-state index in [4.69, 9.17) is 16.3 Å². The van der Waals surface area contributed by atoms with E-state index in [1.165, 1.54) is 19.4 Å². The fourth-order valence-corrected chi connectivity index (χ4v) is 3.32. The normalized spacial score (nSPS) is 13.3. The molecule has 10 heteroatoms. The Hall–Kier alpha value is -1.71. The summed E-state index contributed by atoms with van der Waals surface area (Å²) in [6.45, 7) is 3.96. The monoisotopic (exact) mass is 412 g/mol. The van der Waals surface area contributed by atoms with Crippen LogP contribution in [0, 0.1) is 0 Å². The van der Waals surface area contributed by atoms with E-state index >= 15 is 0 Å². The molecule has 0 bridgehead atoms. The van der Waals surface area contributed by atoms with Crippen LogP contribution >= 0.6 is 11.6 Å². The lowest BCUT2D eigenvalue weighted by Crippen LogP contribution is -2.28. The van der Waals surface area contributed by atoms with Gasteiger partial charge >= 0.3 is 6.18 Å². The Morgan fingerprint density at radius 1 is 1.38 bits per heavy atom. The van der Waals surface area contributed by atoms with Gasteiger partial charge in [-0.3, -0.25) is 0 Å². The number of allylic oxidation sites excluding steroid dienone is 2. The molecule has 146 valence electrons. The third-order valence-corrected chi connectivity index (χ3v) is 5.17. The first-order valence-electron chi connectivity index (χ1n) is 7.50. The Morgan fingerprint density at radius 3 is 2.58 bits per heavy atom. The topological polar surface area (TPSA) is 58.6 Å². The Labute approximate surface area is 156 Å². The molecule has 1 aromatic rings. The molecule has 0 heterocycles. The van der Waals surface area contributed by atoms with Gasteiger partial charge in [-0.1, -0.05) is 11.6 Å². The molecule has 0 radical (unpaired) electrons. The SMILES string of the molecule is CCN/C=C(C)\C=C\N(COC)S(=O)(=O)c1ccc(Cl)c(C(F)(F)F)c1. The summed E-state index contributed by atoms with van der Waals surface area (Å²) in [5.41, 5.74) is -0.500. The Bertz CT molecular complexity index is 777. The Balaban J connectivity index is 3.28. The average Bonchev–Trinajstić information content (AvgIpc) is 2.55. The van der Waals surface area contributed by atoms with Crippen molar-refractivity contribution in [3.63, 3.8) is 0 Å². The lowest BCUT2D eigenvalue weighted by atomic mass is 10.2. The van der Waals surface area contributed by atoms with E-state index in [2.05, 4.69) is 5.32 Å². The molecular formula is C16H20ClF3N2O3S. The number of nitrogens with zero attached hydrogens (tertiary/aromatic N) is 1. The standard InChI is InChI=1S/C16H20ClF3N2O3S/c1-4-21-10-12(2)7-8-22(11-25-3)26(23,24)13-5-6-15(17)14(9-13)16(18,19)20/h5-10,21H,4,11H2,1-3H3/b8-7+,12-10-. The summed E-state index contributed by atoms with van der Waals surface area (Å²) in [5.74, 6) is 0. The first-order chi connectivity index (χ1) is 12.0. The second kappa shape index (κ2) is 9.29. The maximum atomic E-state index is 13.0. The highest BCUT2D eigenvalue weighted by Gasteiger charge is 2.35. The van der Waals surface area contributed by atoms with E-state index in [0.29, 0.717) is 12.6 Å². The highest BCUT2D eigenvalue weighted by atomic mass is 35.5. The summed E-state index contributed by atoms with van der Waals surface area (Å²) in [4.78, 5) is -0.538. The largest absolute Gasteiger partial charge is 0.417 e. The lowest BCUT2D eigenvalue weighted by molar-refractivity contribution is -0.137. The van der Waals surface area contributed by atoms with Crippen molar-refractivity contribution in [2.75, 3.05) is 20.4 Å². The van der Waals surface area contributed by atoms with Crippen molar-refractivity contribution >= 4 is 21.6 Å². The summed E-state index contributed by atoms with van der Waals surface area (Å²) >= 11 is 5.54. The van der Waals surface area contributed by atoms with Gasteiger partial charge in [0.25, 0.3) is 10.0 Å². The molecule has 0 unspecified atom stereocenters. The van der Waals surface area contributed by atoms with E-state index in [1.54, 1.807) is 13.1 Å². The number of rotatable bonds is 8. The van der Waals surface area contributed by atoms with Crippen LogP contribution in [0.25, 0.3) is 0 Å². The fraction of sp³-hybridized carbons (Fsp3) is 0.375. The number of sulfonamides is 1. The molecule has 0 saturated heterocycles. The summed E-state index contributed by atoms with van der Waals surface area (Å²) in [7, 11) is -2.99. The number of hydrogen-bond acceptors (Lipinski definition) is 4. The molecule has 0 saturated carbocycles. The van der Waals surface area contributed by atoms with Crippen LogP contribution in [0.4, 0.5) is 13.2 Å². The van der Waals surface area contributed by atoms with E-state index < -0.39 is 31.7 Å². The number of benzene rings is 1. The van der Waals surface area contributed by atoms with Gasteiger partial charge in [0.15, 0.2) is 0 Å². The average molecular weight is 413 g/mol. The zero-order valence-electron chi connectivity index (χ0n) is 14.5. The van der Waals surface area contributed by atoms with Gasteiger partial charge in [0.2, 0.25) is 0 Å². The number of methoxy groups -OCH3 is 1. The van der Waals surface area contributed by atoms with E-state index in [0.717, 1.165) is 22.0 Å². The maximum Gasteiger partial charge on any atom is 0.417 e. The van der Waals surface area contributed by atoms with Gasteiger partial charge in [-0.25, -0.2) is 12.7 Å². The lowest BCUT2D eigenvalue weighted by Gasteiger charge is -2.20. The molecule has 0 amide bonds. The van der Waals surface area contributed by atoms with Crippen molar-refractivity contribution in [3.8, 4) is 0 Å². The number of alkyl halides is 3. The van der Waals surface area contributed by atoms with Gasteiger partial charge in [0.05, 0.1) is 15.5 Å². The van der Waals surface area contributed by atoms with Crippen LogP contribution in [0.1, 0.15) is 19.4 Å². The number of hydrogen-bond donors (Lipinski definition) is 1. The van der Waals surface area contributed by atoms with Crippen LogP contribution in [0.5, 0.6) is 0 Å². The number of nitrogens with one attached hydrogen (secondary N) is 1. The van der Waals surface area contributed by atoms with Crippen LogP contribution in [0.15, 0.2) is 47.1 Å². The molecule has 0 aliphatic rings. The minimum atomic E-state index is -4.77. The molecule has 0 spiro atoms. The summed E-state index contributed by atoms with van der Waals surface area (Å²) in [6.07, 6.45) is -0.364. The Morgan fingerprint density at radius 2 is 2.04 bits per heavy atom. The molecule has 0 aliphatic carbocycles. The third-order valence-electron chi connectivity index (χ3n) is 3.14. The highest BCUT2D eigenvalue weighted by Crippen LogP contribution is 2.36. The first-order valence-corrected chi connectivity index (χ1v) is 9.31. The summed E-state index contributed by atoms with van der Waals surface area (Å²) in [6, 6.07) is 2.43. The number of ether oxygens (including phenoxy) is 1. The molecule has 0 fully saturated rings. The minimum Gasteiger partial charge on any atom is -0.391 e. The smallest absolute Gasteiger partial charge is 0.391 e. The maximum absolute atomic E-state index is 13.0. The summed E-state index contributed by atoms with van der Waals surface area (Å²) in [5, 5.41) is 2.38. The van der Waals surface area contributed by atoms with Crippen molar-refractivity contribution in [2.45, 2.75) is 24.9 Å². The van der Waals surface area contributed by atoms with Gasteiger partial charge in [-0.15, -0.1) is 0 Å². The number of halogens is 4. The molecule has 1 N–H and O–H groups in total. The predicted octanol–water partition coefficient (Wildman–Crippen LogP) is 3.98. The van der Waals surface area contributed by atoms with Crippen LogP contribution in [0.3, 0.4) is 0 Å². The molecule has 0 aliphatic heterocycles. The second-order valence-electron chi connectivity index (χ2n) is 5.21. The predicted molar refractivity (Wildman–Crippen MR) is 93.9 cm³/mol. The zero-order valence-corrected chi connectivity index (χ0v) is 16.0. The fourth-order valence-electron chi connectivity index (χ4n) is 1.85. The van der Waals surface area contributed by atoms with Crippen LogP contribution in [0.2, 0.25) is 5.02 Å².